The van der Waals surface area contributed by atoms with Gasteiger partial charge in [0.05, 0.1) is 11.9 Å². The van der Waals surface area contributed by atoms with E-state index in [1.807, 2.05) is 18.5 Å². The predicted octanol–water partition coefficient (Wildman–Crippen LogP) is 5.51. The third-order valence-corrected chi connectivity index (χ3v) is 7.76. The monoisotopic (exact) mass is 502 g/mol. The van der Waals surface area contributed by atoms with Crippen LogP contribution in [0.1, 0.15) is 45.4 Å². The molecule has 0 amide bonds. The molecule has 1 atom stereocenters. The minimum atomic E-state index is -0.238. The lowest BCUT2D eigenvalue weighted by molar-refractivity contribution is 0.130. The zero-order valence-electron chi connectivity index (χ0n) is 19.6. The Hall–Kier alpha value is -2.66. The molecule has 0 bridgehead atoms. The number of ether oxygens (including phenoxy) is 1. The molecule has 0 saturated carbocycles. The number of imidazole rings is 1. The van der Waals surface area contributed by atoms with E-state index < -0.39 is 0 Å². The number of aromatic nitrogens is 5. The van der Waals surface area contributed by atoms with Crippen molar-refractivity contribution in [3.8, 4) is 16.5 Å². The molecule has 1 aliphatic rings. The molecule has 8 nitrogen and oxygen atoms in total. The van der Waals surface area contributed by atoms with Crippen LogP contribution >= 0.6 is 23.1 Å². The van der Waals surface area contributed by atoms with Gasteiger partial charge in [-0.05, 0) is 55.4 Å². The Balaban J connectivity index is 1.20. The third kappa shape index (κ3) is 4.63. The lowest BCUT2D eigenvalue weighted by atomic mass is 9.92. The highest BCUT2D eigenvalue weighted by atomic mass is 32.2. The van der Waals surface area contributed by atoms with Gasteiger partial charge in [0.25, 0.3) is 5.19 Å². The van der Waals surface area contributed by atoms with Gasteiger partial charge >= 0.3 is 6.01 Å². The number of nitrogens with zero attached hydrogens (tertiary/aromatic N) is 6. The van der Waals surface area contributed by atoms with E-state index in [0.29, 0.717) is 27.7 Å². The topological polar surface area (TPSA) is 81.6 Å². The van der Waals surface area contributed by atoms with Crippen molar-refractivity contribution in [3.05, 3.63) is 36.0 Å². The van der Waals surface area contributed by atoms with Crippen LogP contribution in [0.2, 0.25) is 0 Å². The van der Waals surface area contributed by atoms with Crippen LogP contribution in [0, 0.1) is 11.7 Å². The highest BCUT2D eigenvalue weighted by molar-refractivity contribution is 7.98. The van der Waals surface area contributed by atoms with Gasteiger partial charge in [0.15, 0.2) is 5.82 Å². The highest BCUT2D eigenvalue weighted by Gasteiger charge is 2.28. The third-order valence-electron chi connectivity index (χ3n) is 6.18. The van der Waals surface area contributed by atoms with Gasteiger partial charge < -0.3 is 14.2 Å². The SMILES string of the molecule is CSc1ccc(-c2cn3nc(OC(C)C4CCN(c5nc(C(C)C)no5)CC4)sc3n2)cc1F. The van der Waals surface area contributed by atoms with Crippen molar-refractivity contribution in [2.75, 3.05) is 24.2 Å². The first-order valence-corrected chi connectivity index (χ1v) is 13.4. The standard InChI is InChI=1S/C23H27FN6O2S2/c1-13(2)20-26-21(32-28-20)29-9-7-15(8-10-29)14(3)31-23-27-30-12-18(25-22(30)34-23)16-5-6-19(33-4)17(24)11-16/h5-6,11-15H,7-10H2,1-4H3. The number of hydrogen-bond donors (Lipinski definition) is 0. The van der Waals surface area contributed by atoms with Crippen LogP contribution < -0.4 is 9.64 Å². The zero-order chi connectivity index (χ0) is 23.8. The second-order valence-electron chi connectivity index (χ2n) is 8.81. The van der Waals surface area contributed by atoms with Crippen molar-refractivity contribution in [2.45, 2.75) is 50.5 Å². The van der Waals surface area contributed by atoms with Crippen molar-refractivity contribution in [2.24, 2.45) is 5.92 Å². The maximum absolute atomic E-state index is 14.2. The Labute approximate surface area is 205 Å². The number of rotatable bonds is 7. The van der Waals surface area contributed by atoms with E-state index in [0.717, 1.165) is 42.3 Å². The fraction of sp³-hybridized carbons (Fsp3) is 0.478. The summed E-state index contributed by atoms with van der Waals surface area (Å²) in [7, 11) is 0. The number of fused-ring (bicyclic) bond motifs is 1. The largest absolute Gasteiger partial charge is 0.466 e. The number of anilines is 1. The zero-order valence-corrected chi connectivity index (χ0v) is 21.2. The van der Waals surface area contributed by atoms with E-state index in [9.17, 15) is 4.39 Å². The maximum Gasteiger partial charge on any atom is 0.324 e. The molecule has 1 aliphatic heterocycles. The molecule has 0 N–H and O–H groups in total. The maximum atomic E-state index is 14.2. The normalized spacial score (nSPS) is 16.0. The summed E-state index contributed by atoms with van der Waals surface area (Å²) in [5, 5.41) is 9.20. The summed E-state index contributed by atoms with van der Waals surface area (Å²) in [5.74, 6) is 1.17. The summed E-state index contributed by atoms with van der Waals surface area (Å²) >= 11 is 2.78. The van der Waals surface area contributed by atoms with Gasteiger partial charge in [0.1, 0.15) is 11.9 Å². The molecular formula is C23H27FN6O2S2. The second-order valence-corrected chi connectivity index (χ2v) is 10.6. The van der Waals surface area contributed by atoms with Crippen LogP contribution in [-0.4, -0.2) is 50.2 Å². The highest BCUT2D eigenvalue weighted by Crippen LogP contribution is 2.31. The fourth-order valence-corrected chi connectivity index (χ4v) is 5.37. The lowest BCUT2D eigenvalue weighted by Gasteiger charge is -2.33. The van der Waals surface area contributed by atoms with E-state index in [1.54, 1.807) is 10.6 Å². The van der Waals surface area contributed by atoms with Crippen molar-refractivity contribution >= 4 is 34.1 Å². The van der Waals surface area contributed by atoms with Gasteiger partial charge in [-0.1, -0.05) is 25.1 Å². The molecule has 34 heavy (non-hydrogen) atoms. The first-order chi connectivity index (χ1) is 16.4. The van der Waals surface area contributed by atoms with Crippen LogP contribution in [0.15, 0.2) is 33.8 Å². The summed E-state index contributed by atoms with van der Waals surface area (Å²) in [5.41, 5.74) is 1.43. The van der Waals surface area contributed by atoms with Crippen LogP contribution in [0.4, 0.5) is 10.4 Å². The Morgan fingerprint density at radius 2 is 2.00 bits per heavy atom. The summed E-state index contributed by atoms with van der Waals surface area (Å²) < 4.78 is 27.5. The first-order valence-electron chi connectivity index (χ1n) is 11.4. The Morgan fingerprint density at radius 1 is 1.21 bits per heavy atom. The van der Waals surface area contributed by atoms with Crippen LogP contribution in [0.3, 0.4) is 0 Å². The summed E-state index contributed by atoms with van der Waals surface area (Å²) in [6.07, 6.45) is 5.65. The number of halogens is 1. The molecule has 1 aromatic carbocycles. The van der Waals surface area contributed by atoms with Gasteiger partial charge in [-0.25, -0.2) is 13.9 Å². The van der Waals surface area contributed by atoms with Crippen LogP contribution in [-0.2, 0) is 0 Å². The first kappa shape index (κ1) is 23.1. The minimum Gasteiger partial charge on any atom is -0.466 e. The van der Waals surface area contributed by atoms with Gasteiger partial charge in [-0.2, -0.15) is 4.98 Å². The number of hydrogen-bond acceptors (Lipinski definition) is 9. The molecule has 0 radical (unpaired) electrons. The van der Waals surface area contributed by atoms with Crippen molar-refractivity contribution in [1.29, 1.82) is 0 Å². The minimum absolute atomic E-state index is 0.0274. The smallest absolute Gasteiger partial charge is 0.324 e. The predicted molar refractivity (Wildman–Crippen MR) is 131 cm³/mol. The molecule has 4 heterocycles. The van der Waals surface area contributed by atoms with Gasteiger partial charge in [-0.15, -0.1) is 16.9 Å². The van der Waals surface area contributed by atoms with Crippen molar-refractivity contribution < 1.29 is 13.7 Å². The number of thioether (sulfide) groups is 1. The average Bonchev–Trinajstić information content (AvgIpc) is 3.54. The van der Waals surface area contributed by atoms with Crippen molar-refractivity contribution in [1.82, 2.24) is 24.7 Å². The van der Waals surface area contributed by atoms with Gasteiger partial charge in [-0.3, -0.25) is 0 Å². The molecule has 5 rings (SSSR count). The van der Waals surface area contributed by atoms with E-state index in [2.05, 4.69) is 45.9 Å². The molecule has 1 saturated heterocycles. The molecule has 3 aromatic heterocycles. The fourth-order valence-electron chi connectivity index (χ4n) is 4.10. The lowest BCUT2D eigenvalue weighted by Crippen LogP contribution is -2.38. The average molecular weight is 503 g/mol. The number of piperidine rings is 1. The molecule has 11 heteroatoms. The van der Waals surface area contributed by atoms with Gasteiger partial charge in [0.2, 0.25) is 4.96 Å². The molecule has 1 fully saturated rings. The van der Waals surface area contributed by atoms with Crippen LogP contribution in [0.5, 0.6) is 5.19 Å². The summed E-state index contributed by atoms with van der Waals surface area (Å²) in [6.45, 7) is 7.91. The van der Waals surface area contributed by atoms with Gasteiger partial charge in [0, 0.05) is 29.5 Å². The quantitative estimate of drug-likeness (QED) is 0.306. The summed E-state index contributed by atoms with van der Waals surface area (Å²) in [4.78, 5) is 12.6. The number of benzene rings is 1. The molecule has 0 aliphatic carbocycles. The van der Waals surface area contributed by atoms with E-state index in [-0.39, 0.29) is 17.8 Å². The Morgan fingerprint density at radius 3 is 2.65 bits per heavy atom. The molecule has 180 valence electrons. The molecule has 4 aromatic rings. The van der Waals surface area contributed by atoms with E-state index in [4.69, 9.17) is 9.26 Å². The summed E-state index contributed by atoms with van der Waals surface area (Å²) in [6, 6.07) is 5.78. The molecule has 0 spiro atoms. The van der Waals surface area contributed by atoms with Crippen LogP contribution in [0.25, 0.3) is 16.2 Å². The van der Waals surface area contributed by atoms with Crippen molar-refractivity contribution in [3.63, 3.8) is 0 Å². The molecular weight excluding hydrogens is 475 g/mol. The Kier molecular flexibility index (Phi) is 6.48. The second kappa shape index (κ2) is 9.53. The molecule has 1 unspecified atom stereocenters. The Bertz CT molecular complexity index is 1250. The van der Waals surface area contributed by atoms with E-state index >= 15 is 0 Å². The van der Waals surface area contributed by atoms with E-state index in [1.165, 1.54) is 29.2 Å².